The van der Waals surface area contributed by atoms with Gasteiger partial charge in [-0.15, -0.1) is 0 Å². The Morgan fingerprint density at radius 2 is 1.06 bits per heavy atom. The van der Waals surface area contributed by atoms with E-state index < -0.39 is 0 Å². The molecule has 0 saturated heterocycles. The van der Waals surface area contributed by atoms with Crippen molar-refractivity contribution in [2.24, 2.45) is 0 Å². The molecule has 0 aliphatic heterocycles. The van der Waals surface area contributed by atoms with Crippen molar-refractivity contribution in [2.75, 3.05) is 0 Å². The van der Waals surface area contributed by atoms with Gasteiger partial charge in [-0.25, -0.2) is 15.0 Å². The molecule has 1 aliphatic carbocycles. The second kappa shape index (κ2) is 10.5. The van der Waals surface area contributed by atoms with Crippen LogP contribution in [0.2, 0.25) is 0 Å². The van der Waals surface area contributed by atoms with Crippen molar-refractivity contribution in [3.05, 3.63) is 151 Å². The second-order valence-corrected chi connectivity index (χ2v) is 11.7. The fraction of sp³-hybridized carbons (Fsp3) is 0. The Kier molecular flexibility index (Phi) is 6.01. The van der Waals surface area contributed by atoms with E-state index in [1.807, 2.05) is 66.7 Å². The monoisotopic (exact) mass is 602 g/mol. The quantitative estimate of drug-likeness (QED) is 0.210. The molecule has 0 bridgehead atoms. The van der Waals surface area contributed by atoms with Crippen LogP contribution < -0.4 is 0 Å². The fourth-order valence-electron chi connectivity index (χ4n) is 6.60. The maximum atomic E-state index is 8.69. The molecule has 6 nitrogen and oxygen atoms in total. The lowest BCUT2D eigenvalue weighted by Gasteiger charge is -2.16. The first-order valence-electron chi connectivity index (χ1n) is 15.5. The van der Waals surface area contributed by atoms with Crippen molar-refractivity contribution in [2.45, 2.75) is 0 Å². The summed E-state index contributed by atoms with van der Waals surface area (Å²) in [5.41, 5.74) is 8.09. The van der Waals surface area contributed by atoms with Gasteiger partial charge in [0.25, 0.3) is 0 Å². The van der Waals surface area contributed by atoms with Crippen LogP contribution in [0.5, 0.6) is 0 Å². The number of fused-ring (bicyclic) bond motifs is 6. The van der Waals surface area contributed by atoms with Crippen LogP contribution >= 0.6 is 0 Å². The SMILES string of the molecule is N=C1C=Cc2ccc3ccc(-c4nc(-c5ccccc5)nc(-c5ccc6c(c5)c5ccccc5n6-c5ccccc5)n4)cc3c2C1=N. The molecule has 220 valence electrons. The minimum absolute atomic E-state index is 0.202. The van der Waals surface area contributed by atoms with Gasteiger partial charge < -0.3 is 4.57 Å². The summed E-state index contributed by atoms with van der Waals surface area (Å²) >= 11 is 0. The van der Waals surface area contributed by atoms with E-state index in [0.29, 0.717) is 17.5 Å². The largest absolute Gasteiger partial charge is 0.309 e. The minimum Gasteiger partial charge on any atom is -0.309 e. The van der Waals surface area contributed by atoms with Crippen molar-refractivity contribution in [1.82, 2.24) is 19.5 Å². The average molecular weight is 603 g/mol. The highest BCUT2D eigenvalue weighted by Crippen LogP contribution is 2.36. The number of hydrogen-bond acceptors (Lipinski definition) is 5. The van der Waals surface area contributed by atoms with Crippen molar-refractivity contribution < 1.29 is 0 Å². The maximum absolute atomic E-state index is 8.69. The van der Waals surface area contributed by atoms with Crippen LogP contribution in [-0.2, 0) is 0 Å². The summed E-state index contributed by atoms with van der Waals surface area (Å²) in [5.74, 6) is 1.72. The summed E-state index contributed by atoms with van der Waals surface area (Å²) in [6, 6.07) is 45.5. The normalized spacial score (nSPS) is 12.7. The second-order valence-electron chi connectivity index (χ2n) is 11.7. The molecule has 47 heavy (non-hydrogen) atoms. The summed E-state index contributed by atoms with van der Waals surface area (Å²) in [6.07, 6.45) is 3.58. The van der Waals surface area contributed by atoms with Crippen LogP contribution in [0.25, 0.3) is 78.5 Å². The third-order valence-electron chi connectivity index (χ3n) is 8.87. The molecule has 0 radical (unpaired) electrons. The zero-order valence-electron chi connectivity index (χ0n) is 25.1. The van der Waals surface area contributed by atoms with E-state index in [-0.39, 0.29) is 11.4 Å². The van der Waals surface area contributed by atoms with E-state index in [1.54, 1.807) is 6.08 Å². The first-order valence-corrected chi connectivity index (χ1v) is 15.5. The Morgan fingerprint density at radius 3 is 1.83 bits per heavy atom. The highest BCUT2D eigenvalue weighted by atomic mass is 15.0. The maximum Gasteiger partial charge on any atom is 0.164 e. The Balaban J connectivity index is 1.26. The van der Waals surface area contributed by atoms with Gasteiger partial charge in [-0.2, -0.15) is 0 Å². The van der Waals surface area contributed by atoms with Crippen molar-refractivity contribution >= 4 is 50.1 Å². The number of nitrogens with zero attached hydrogens (tertiary/aromatic N) is 4. The Hall–Kier alpha value is -6.53. The summed E-state index contributed by atoms with van der Waals surface area (Å²) in [6.45, 7) is 0. The van der Waals surface area contributed by atoms with Gasteiger partial charge in [0, 0.05) is 38.7 Å². The first kappa shape index (κ1) is 26.8. The molecule has 8 aromatic rings. The third-order valence-corrected chi connectivity index (χ3v) is 8.87. The molecule has 6 aromatic carbocycles. The highest BCUT2D eigenvalue weighted by Gasteiger charge is 2.20. The molecule has 2 heterocycles. The number of rotatable bonds is 4. The van der Waals surface area contributed by atoms with Crippen LogP contribution in [0.1, 0.15) is 11.1 Å². The number of benzene rings is 6. The number of hydrogen-bond donors (Lipinski definition) is 2. The van der Waals surface area contributed by atoms with Crippen molar-refractivity contribution in [3.63, 3.8) is 0 Å². The average Bonchev–Trinajstić information content (AvgIpc) is 3.47. The van der Waals surface area contributed by atoms with E-state index in [0.717, 1.165) is 66.1 Å². The van der Waals surface area contributed by atoms with Gasteiger partial charge in [-0.3, -0.25) is 10.8 Å². The van der Waals surface area contributed by atoms with Crippen LogP contribution in [0, 0.1) is 10.8 Å². The standard InChI is InChI=1S/C41H26N6/c42-34-21-19-26-17-15-25-16-18-28(23-32(25)37(26)38(34)43)40-44-39(27-9-3-1-4-10-27)45-41(46-40)29-20-22-36-33(24-29)31-13-7-8-14-35(31)47(36)30-11-5-2-6-12-30/h1-24,42-43H. The van der Waals surface area contributed by atoms with E-state index in [4.69, 9.17) is 25.8 Å². The highest BCUT2D eigenvalue weighted by molar-refractivity contribution is 6.53. The van der Waals surface area contributed by atoms with Crippen LogP contribution in [-0.4, -0.2) is 30.9 Å². The number of aromatic nitrogens is 4. The Bertz CT molecular complexity index is 2600. The molecule has 9 rings (SSSR count). The number of allylic oxidation sites excluding steroid dienone is 1. The topological polar surface area (TPSA) is 91.3 Å². The van der Waals surface area contributed by atoms with Crippen LogP contribution in [0.4, 0.5) is 0 Å². The Labute approximate surface area is 270 Å². The minimum atomic E-state index is 0.202. The molecule has 0 spiro atoms. The van der Waals surface area contributed by atoms with E-state index in [2.05, 4.69) is 77.4 Å². The third kappa shape index (κ3) is 4.38. The molecule has 1 aliphatic rings. The van der Waals surface area contributed by atoms with Gasteiger partial charge in [-0.05, 0) is 64.9 Å². The van der Waals surface area contributed by atoms with Gasteiger partial charge in [0.2, 0.25) is 0 Å². The van der Waals surface area contributed by atoms with Crippen molar-refractivity contribution in [3.8, 4) is 39.9 Å². The van der Waals surface area contributed by atoms with E-state index in [9.17, 15) is 0 Å². The van der Waals surface area contributed by atoms with E-state index >= 15 is 0 Å². The molecule has 0 amide bonds. The molecular formula is C41H26N6. The van der Waals surface area contributed by atoms with Gasteiger partial charge in [-0.1, -0.05) is 97.1 Å². The van der Waals surface area contributed by atoms with Gasteiger partial charge in [0.1, 0.15) is 0 Å². The predicted octanol–water partition coefficient (Wildman–Crippen LogP) is 9.54. The molecule has 6 heteroatoms. The summed E-state index contributed by atoms with van der Waals surface area (Å²) in [4.78, 5) is 15.0. The molecule has 2 aromatic heterocycles. The molecular weight excluding hydrogens is 576 g/mol. The first-order chi connectivity index (χ1) is 23.1. The van der Waals surface area contributed by atoms with Gasteiger partial charge in [0.15, 0.2) is 17.5 Å². The van der Waals surface area contributed by atoms with Crippen LogP contribution in [0.15, 0.2) is 140 Å². The zero-order valence-corrected chi connectivity index (χ0v) is 25.1. The molecule has 0 fully saturated rings. The zero-order chi connectivity index (χ0) is 31.5. The van der Waals surface area contributed by atoms with Gasteiger partial charge in [0.05, 0.1) is 22.5 Å². The molecule has 0 unspecified atom stereocenters. The fourth-order valence-corrected chi connectivity index (χ4v) is 6.60. The lowest BCUT2D eigenvalue weighted by Crippen LogP contribution is -2.16. The molecule has 0 saturated carbocycles. The van der Waals surface area contributed by atoms with Crippen LogP contribution in [0.3, 0.4) is 0 Å². The molecule has 2 N–H and O–H groups in total. The lowest BCUT2D eigenvalue weighted by molar-refractivity contribution is 1.07. The van der Waals surface area contributed by atoms with E-state index in [1.165, 1.54) is 0 Å². The molecule has 0 atom stereocenters. The summed E-state index contributed by atoms with van der Waals surface area (Å²) < 4.78 is 2.30. The van der Waals surface area contributed by atoms with Crippen molar-refractivity contribution in [1.29, 1.82) is 10.8 Å². The smallest absolute Gasteiger partial charge is 0.164 e. The van der Waals surface area contributed by atoms with Gasteiger partial charge >= 0.3 is 0 Å². The predicted molar refractivity (Wildman–Crippen MR) is 192 cm³/mol. The summed E-state index contributed by atoms with van der Waals surface area (Å²) in [7, 11) is 0. The Morgan fingerprint density at radius 1 is 0.468 bits per heavy atom. The lowest BCUT2D eigenvalue weighted by atomic mass is 9.89. The number of nitrogens with one attached hydrogen (secondary N) is 2. The summed E-state index contributed by atoms with van der Waals surface area (Å²) in [5, 5.41) is 21.1. The number of para-hydroxylation sites is 2.